The summed E-state index contributed by atoms with van der Waals surface area (Å²) >= 11 is 0. The first-order valence-corrected chi connectivity index (χ1v) is 13.5. The molecule has 0 amide bonds. The predicted octanol–water partition coefficient (Wildman–Crippen LogP) is 6.51. The molecule has 0 aromatic heterocycles. The van der Waals surface area contributed by atoms with Crippen molar-refractivity contribution in [3.8, 4) is 23.0 Å². The number of rotatable bonds is 9. The Bertz CT molecular complexity index is 1230. The number of aliphatic hydroxyl groups excluding tert-OH is 1. The molecule has 0 aliphatic heterocycles. The lowest BCUT2D eigenvalue weighted by Gasteiger charge is -2.23. The number of nitrogens with two attached hydrogens (primary N) is 1. The highest BCUT2D eigenvalue weighted by Crippen LogP contribution is 2.22. The highest BCUT2D eigenvalue weighted by Gasteiger charge is 2.06. The number of nitrogens with zero attached hydrogens (tertiary/aromatic N) is 1. The fourth-order valence-corrected chi connectivity index (χ4v) is 3.42. The molecule has 0 bridgehead atoms. The van der Waals surface area contributed by atoms with E-state index in [0.717, 1.165) is 48.1 Å². The highest BCUT2D eigenvalue weighted by molar-refractivity contribution is 5.74. The van der Waals surface area contributed by atoms with Gasteiger partial charge in [0.2, 0.25) is 0 Å². The van der Waals surface area contributed by atoms with Gasteiger partial charge in [0.15, 0.2) is 0 Å². The molecule has 8 heteroatoms. The normalized spacial score (nSPS) is 9.31. The molecule has 3 N–H and O–H groups in total. The Balaban J connectivity index is 0.000000334. The monoisotopic (exact) mass is 576 g/mol. The van der Waals surface area contributed by atoms with Crippen molar-refractivity contribution in [2.24, 2.45) is 0 Å². The van der Waals surface area contributed by atoms with Crippen LogP contribution < -0.4 is 29.6 Å². The SMILES string of the molecule is CCN(Cc1ccc(OC)cc1)c1ccc(OC)cc1.CCO.COc1ccc(C=O)cc1.COc1ccc(N)cc1. The van der Waals surface area contributed by atoms with Crippen LogP contribution >= 0.6 is 0 Å². The molecular weight excluding hydrogens is 532 g/mol. The quantitative estimate of drug-likeness (QED) is 0.172. The maximum Gasteiger partial charge on any atom is 0.150 e. The summed E-state index contributed by atoms with van der Waals surface area (Å²) in [5.74, 6) is 3.38. The maximum atomic E-state index is 10.2. The number of carbonyl (C=O) groups excluding carboxylic acids is 1. The second-order valence-electron chi connectivity index (χ2n) is 8.54. The fraction of sp³-hybridized carbons (Fsp3) is 0.265. The first-order chi connectivity index (χ1) is 20.4. The van der Waals surface area contributed by atoms with Crippen LogP contribution in [0.5, 0.6) is 23.0 Å². The number of hydrogen-bond donors (Lipinski definition) is 2. The van der Waals surface area contributed by atoms with E-state index in [1.165, 1.54) is 11.3 Å². The van der Waals surface area contributed by atoms with Crippen molar-refractivity contribution < 1.29 is 28.8 Å². The number of aldehydes is 1. The van der Waals surface area contributed by atoms with Crippen molar-refractivity contribution in [1.82, 2.24) is 0 Å². The second-order valence-corrected chi connectivity index (χ2v) is 8.54. The van der Waals surface area contributed by atoms with E-state index in [-0.39, 0.29) is 6.61 Å². The number of hydrogen-bond acceptors (Lipinski definition) is 8. The number of nitrogen functional groups attached to an aromatic ring is 1. The molecule has 0 unspecified atom stereocenters. The Hall–Kier alpha value is -4.69. The van der Waals surface area contributed by atoms with Gasteiger partial charge in [-0.3, -0.25) is 4.79 Å². The van der Waals surface area contributed by atoms with Crippen molar-refractivity contribution >= 4 is 17.7 Å². The zero-order valence-corrected chi connectivity index (χ0v) is 25.4. The van der Waals surface area contributed by atoms with E-state index in [4.69, 9.17) is 29.8 Å². The molecule has 8 nitrogen and oxygen atoms in total. The molecule has 42 heavy (non-hydrogen) atoms. The zero-order valence-electron chi connectivity index (χ0n) is 25.4. The lowest BCUT2D eigenvalue weighted by molar-refractivity contribution is 0.112. The molecule has 0 aliphatic rings. The molecule has 4 aromatic rings. The van der Waals surface area contributed by atoms with Gasteiger partial charge in [0, 0.05) is 36.6 Å². The Kier molecular flexibility index (Phi) is 17.8. The number of benzene rings is 4. The Morgan fingerprint density at radius 2 is 1.00 bits per heavy atom. The molecule has 0 spiro atoms. The van der Waals surface area contributed by atoms with Crippen LogP contribution in [-0.4, -0.2) is 53.0 Å². The molecule has 4 aromatic carbocycles. The van der Waals surface area contributed by atoms with E-state index in [1.807, 2.05) is 36.4 Å². The minimum Gasteiger partial charge on any atom is -0.497 e. The van der Waals surface area contributed by atoms with E-state index in [1.54, 1.807) is 71.8 Å². The van der Waals surface area contributed by atoms with Crippen LogP contribution in [0.2, 0.25) is 0 Å². The van der Waals surface area contributed by atoms with Gasteiger partial charge in [-0.25, -0.2) is 0 Å². The minimum absolute atomic E-state index is 0.250. The second kappa shape index (κ2) is 21.1. The van der Waals surface area contributed by atoms with Crippen LogP contribution in [0, 0.1) is 0 Å². The summed E-state index contributed by atoms with van der Waals surface area (Å²) in [6.07, 6.45) is 0.805. The van der Waals surface area contributed by atoms with Crippen molar-refractivity contribution in [3.63, 3.8) is 0 Å². The Morgan fingerprint density at radius 3 is 1.36 bits per heavy atom. The molecule has 0 radical (unpaired) electrons. The molecule has 0 fully saturated rings. The number of carbonyl (C=O) groups is 1. The summed E-state index contributed by atoms with van der Waals surface area (Å²) < 4.78 is 20.2. The average Bonchev–Trinajstić information content (AvgIpc) is 3.05. The first kappa shape index (κ1) is 35.3. The molecular formula is C34H44N2O6. The number of ether oxygens (including phenoxy) is 4. The van der Waals surface area contributed by atoms with Gasteiger partial charge in [-0.15, -0.1) is 0 Å². The van der Waals surface area contributed by atoms with Crippen LogP contribution in [-0.2, 0) is 6.54 Å². The lowest BCUT2D eigenvalue weighted by atomic mass is 10.2. The van der Waals surface area contributed by atoms with Gasteiger partial charge >= 0.3 is 0 Å². The van der Waals surface area contributed by atoms with Crippen LogP contribution in [0.1, 0.15) is 29.8 Å². The molecule has 226 valence electrons. The molecule has 0 aliphatic carbocycles. The van der Waals surface area contributed by atoms with Crippen molar-refractivity contribution in [3.05, 3.63) is 108 Å². The number of methoxy groups -OCH3 is 4. The van der Waals surface area contributed by atoms with Gasteiger partial charge in [0.1, 0.15) is 29.3 Å². The summed E-state index contributed by atoms with van der Waals surface area (Å²) in [6, 6.07) is 30.6. The molecule has 0 atom stereocenters. The molecule has 0 saturated heterocycles. The standard InChI is InChI=1S/C17H21NO2.C8H8O2.C7H9NO.C2H6O/c1-4-18(15-7-11-17(20-3)12-8-15)13-14-5-9-16(19-2)10-6-14;1-10-8-4-2-7(6-9)3-5-8;1-9-7-4-2-6(8)3-5-7;1-2-3/h5-12H,4,13H2,1-3H3;2-6H,1H3;2-5H,8H2,1H3;3H,2H2,1H3. The smallest absolute Gasteiger partial charge is 0.150 e. The van der Waals surface area contributed by atoms with E-state index >= 15 is 0 Å². The number of aliphatic hydroxyl groups is 1. The first-order valence-electron chi connectivity index (χ1n) is 13.5. The summed E-state index contributed by atoms with van der Waals surface area (Å²) in [5, 5.41) is 7.57. The Morgan fingerprint density at radius 1 is 0.643 bits per heavy atom. The third-order valence-electron chi connectivity index (χ3n) is 5.72. The van der Waals surface area contributed by atoms with Crippen molar-refractivity contribution in [2.45, 2.75) is 20.4 Å². The van der Waals surface area contributed by atoms with Crippen LogP contribution in [0.3, 0.4) is 0 Å². The third-order valence-corrected chi connectivity index (χ3v) is 5.72. The van der Waals surface area contributed by atoms with Gasteiger partial charge in [0.05, 0.1) is 28.4 Å². The largest absolute Gasteiger partial charge is 0.497 e. The van der Waals surface area contributed by atoms with E-state index in [9.17, 15) is 4.79 Å². The number of anilines is 2. The zero-order chi connectivity index (χ0) is 31.2. The van der Waals surface area contributed by atoms with Gasteiger partial charge in [-0.2, -0.15) is 0 Å². The topological polar surface area (TPSA) is 103 Å². The van der Waals surface area contributed by atoms with Crippen molar-refractivity contribution in [1.29, 1.82) is 0 Å². The maximum absolute atomic E-state index is 10.2. The van der Waals surface area contributed by atoms with Crippen LogP contribution in [0.25, 0.3) is 0 Å². The van der Waals surface area contributed by atoms with E-state index in [0.29, 0.717) is 5.56 Å². The Labute approximate surface area is 250 Å². The van der Waals surface area contributed by atoms with Gasteiger partial charge in [-0.1, -0.05) is 12.1 Å². The van der Waals surface area contributed by atoms with E-state index < -0.39 is 0 Å². The van der Waals surface area contributed by atoms with Gasteiger partial charge < -0.3 is 34.7 Å². The minimum atomic E-state index is 0.250. The molecule has 0 heterocycles. The van der Waals surface area contributed by atoms with Crippen LogP contribution in [0.4, 0.5) is 11.4 Å². The summed E-state index contributed by atoms with van der Waals surface area (Å²) in [7, 11) is 6.59. The third kappa shape index (κ3) is 13.6. The average molecular weight is 577 g/mol. The van der Waals surface area contributed by atoms with E-state index in [2.05, 4.69) is 36.1 Å². The summed E-state index contributed by atoms with van der Waals surface area (Å²) in [4.78, 5) is 12.5. The molecule has 0 saturated carbocycles. The summed E-state index contributed by atoms with van der Waals surface area (Å²) in [6.45, 7) is 5.93. The highest BCUT2D eigenvalue weighted by atomic mass is 16.5. The van der Waals surface area contributed by atoms with Gasteiger partial charge in [-0.05, 0) is 104 Å². The fourth-order valence-electron chi connectivity index (χ4n) is 3.42. The molecule has 4 rings (SSSR count). The lowest BCUT2D eigenvalue weighted by Crippen LogP contribution is -2.21. The van der Waals surface area contributed by atoms with Gasteiger partial charge in [0.25, 0.3) is 0 Å². The summed E-state index contributed by atoms with van der Waals surface area (Å²) in [5.41, 5.74) is 9.32. The van der Waals surface area contributed by atoms with Crippen LogP contribution in [0.15, 0.2) is 97.1 Å². The van der Waals surface area contributed by atoms with Crippen molar-refractivity contribution in [2.75, 3.05) is 52.2 Å². The predicted molar refractivity (Wildman–Crippen MR) is 171 cm³/mol.